The first-order valence-electron chi connectivity index (χ1n) is 3.66. The summed E-state index contributed by atoms with van der Waals surface area (Å²) in [6.45, 7) is 4.36. The van der Waals surface area contributed by atoms with Crippen LogP contribution < -0.4 is 5.73 Å². The first kappa shape index (κ1) is 8.07. The van der Waals surface area contributed by atoms with Crippen molar-refractivity contribution in [1.82, 2.24) is 9.78 Å². The Hall–Kier alpha value is -1.03. The number of aryl methyl sites for hydroxylation is 1. The molecule has 0 aliphatic rings. The van der Waals surface area contributed by atoms with Crippen LogP contribution in [-0.4, -0.2) is 14.9 Å². The molecule has 0 aromatic carbocycles. The number of rotatable bonds is 2. The van der Waals surface area contributed by atoms with Crippen LogP contribution >= 0.6 is 0 Å². The number of aromatic nitrogens is 2. The van der Waals surface area contributed by atoms with Crippen LogP contribution in [0.5, 0.6) is 0 Å². The first-order valence-corrected chi connectivity index (χ1v) is 3.66. The van der Waals surface area contributed by atoms with Crippen LogP contribution in [0, 0.1) is 0 Å². The van der Waals surface area contributed by atoms with Gasteiger partial charge in [-0.05, 0) is 13.8 Å². The summed E-state index contributed by atoms with van der Waals surface area (Å²) in [4.78, 5) is 0. The normalized spacial score (nSPS) is 13.4. The second-order valence-corrected chi connectivity index (χ2v) is 2.48. The fourth-order valence-electron chi connectivity index (χ4n) is 0.983. The minimum absolute atomic E-state index is 0.532. The predicted octanol–water partition coefficient (Wildman–Crippen LogP) is 0.539. The van der Waals surface area contributed by atoms with Crippen molar-refractivity contribution in [3.05, 3.63) is 11.8 Å². The first-order chi connectivity index (χ1) is 5.16. The zero-order chi connectivity index (χ0) is 8.43. The van der Waals surface area contributed by atoms with E-state index in [4.69, 9.17) is 5.73 Å². The van der Waals surface area contributed by atoms with Crippen molar-refractivity contribution in [2.45, 2.75) is 26.5 Å². The van der Waals surface area contributed by atoms with Gasteiger partial charge in [0.25, 0.3) is 0 Å². The average molecular weight is 155 g/mol. The molecule has 4 heteroatoms. The minimum atomic E-state index is -0.532. The predicted molar refractivity (Wildman–Crippen MR) is 42.9 cm³/mol. The summed E-state index contributed by atoms with van der Waals surface area (Å²) >= 11 is 0. The lowest BCUT2D eigenvalue weighted by Gasteiger charge is -2.03. The van der Waals surface area contributed by atoms with Crippen molar-refractivity contribution in [3.8, 4) is 0 Å². The molecule has 0 radical (unpaired) electrons. The largest absolute Gasteiger partial charge is 0.389 e. The summed E-state index contributed by atoms with van der Waals surface area (Å²) in [6.07, 6.45) is 1.07. The van der Waals surface area contributed by atoms with E-state index in [1.165, 1.54) is 0 Å². The summed E-state index contributed by atoms with van der Waals surface area (Å²) in [7, 11) is 0. The standard InChI is InChI=1S/C7H13N3O/c1-3-10-7(8)6(4-9-10)5(2)11/h4-5,11H,3,8H2,1-2H3/t5-/m0/s1. The molecule has 0 aliphatic heterocycles. The Kier molecular flexibility index (Phi) is 2.14. The van der Waals surface area contributed by atoms with Crippen molar-refractivity contribution in [2.24, 2.45) is 0 Å². The molecule has 0 amide bonds. The number of nitrogens with zero attached hydrogens (tertiary/aromatic N) is 2. The highest BCUT2D eigenvalue weighted by Crippen LogP contribution is 2.18. The van der Waals surface area contributed by atoms with Gasteiger partial charge in [-0.2, -0.15) is 5.10 Å². The lowest BCUT2D eigenvalue weighted by Crippen LogP contribution is -2.04. The van der Waals surface area contributed by atoms with E-state index in [1.54, 1.807) is 17.8 Å². The van der Waals surface area contributed by atoms with E-state index in [2.05, 4.69) is 5.10 Å². The summed E-state index contributed by atoms with van der Waals surface area (Å²) in [6, 6.07) is 0. The van der Waals surface area contributed by atoms with Gasteiger partial charge in [0, 0.05) is 12.1 Å². The highest BCUT2D eigenvalue weighted by Gasteiger charge is 2.09. The maximum absolute atomic E-state index is 9.18. The van der Waals surface area contributed by atoms with Crippen molar-refractivity contribution in [3.63, 3.8) is 0 Å². The van der Waals surface area contributed by atoms with Crippen LogP contribution in [0.3, 0.4) is 0 Å². The Balaban J connectivity index is 3.00. The van der Waals surface area contributed by atoms with E-state index < -0.39 is 6.10 Å². The zero-order valence-corrected chi connectivity index (χ0v) is 6.78. The molecule has 11 heavy (non-hydrogen) atoms. The number of hydrogen-bond donors (Lipinski definition) is 2. The fourth-order valence-corrected chi connectivity index (χ4v) is 0.983. The molecule has 1 rings (SSSR count). The number of hydrogen-bond acceptors (Lipinski definition) is 3. The molecule has 4 nitrogen and oxygen atoms in total. The molecule has 1 atom stereocenters. The quantitative estimate of drug-likeness (QED) is 0.655. The van der Waals surface area contributed by atoms with Gasteiger partial charge in [0.15, 0.2) is 0 Å². The van der Waals surface area contributed by atoms with E-state index in [9.17, 15) is 5.11 Å². The summed E-state index contributed by atoms with van der Waals surface area (Å²) in [5.41, 5.74) is 6.36. The van der Waals surface area contributed by atoms with Crippen LogP contribution in [0.15, 0.2) is 6.20 Å². The third-order valence-electron chi connectivity index (χ3n) is 1.66. The molecule has 1 aromatic rings. The number of anilines is 1. The van der Waals surface area contributed by atoms with Crippen LogP contribution in [-0.2, 0) is 6.54 Å². The minimum Gasteiger partial charge on any atom is -0.389 e. The van der Waals surface area contributed by atoms with E-state index in [-0.39, 0.29) is 0 Å². The summed E-state index contributed by atoms with van der Waals surface area (Å²) in [5.74, 6) is 0.558. The summed E-state index contributed by atoms with van der Waals surface area (Å²) < 4.78 is 1.65. The topological polar surface area (TPSA) is 64.1 Å². The van der Waals surface area contributed by atoms with Gasteiger partial charge in [-0.1, -0.05) is 0 Å². The van der Waals surface area contributed by atoms with Gasteiger partial charge < -0.3 is 10.8 Å². The molecule has 0 aliphatic carbocycles. The highest BCUT2D eigenvalue weighted by atomic mass is 16.3. The van der Waals surface area contributed by atoms with Gasteiger partial charge in [-0.15, -0.1) is 0 Å². The van der Waals surface area contributed by atoms with Crippen LogP contribution in [0.25, 0.3) is 0 Å². The Bertz CT molecular complexity index is 242. The Morgan fingerprint density at radius 3 is 2.73 bits per heavy atom. The molecule has 62 valence electrons. The van der Waals surface area contributed by atoms with Gasteiger partial charge in [0.2, 0.25) is 0 Å². The highest BCUT2D eigenvalue weighted by molar-refractivity contribution is 5.39. The van der Waals surface area contributed by atoms with Gasteiger partial charge in [0.1, 0.15) is 5.82 Å². The lowest BCUT2D eigenvalue weighted by atomic mass is 10.2. The number of aliphatic hydroxyl groups is 1. The molecule has 0 bridgehead atoms. The van der Waals surface area contributed by atoms with E-state index in [1.807, 2.05) is 6.92 Å². The molecule has 0 spiro atoms. The van der Waals surface area contributed by atoms with Crippen molar-refractivity contribution < 1.29 is 5.11 Å². The molecule has 1 heterocycles. The van der Waals surface area contributed by atoms with Gasteiger partial charge in [-0.25, -0.2) is 0 Å². The molecule has 0 saturated carbocycles. The Morgan fingerprint density at radius 1 is 1.82 bits per heavy atom. The average Bonchev–Trinajstić information content (AvgIpc) is 2.30. The number of nitrogen functional groups attached to an aromatic ring is 1. The third-order valence-corrected chi connectivity index (χ3v) is 1.66. The number of aliphatic hydroxyl groups excluding tert-OH is 1. The van der Waals surface area contributed by atoms with Gasteiger partial charge in [0.05, 0.1) is 12.3 Å². The maximum Gasteiger partial charge on any atom is 0.127 e. The zero-order valence-electron chi connectivity index (χ0n) is 6.78. The fraction of sp³-hybridized carbons (Fsp3) is 0.571. The van der Waals surface area contributed by atoms with Gasteiger partial charge in [-0.3, -0.25) is 4.68 Å². The van der Waals surface area contributed by atoms with Crippen molar-refractivity contribution >= 4 is 5.82 Å². The van der Waals surface area contributed by atoms with Gasteiger partial charge >= 0.3 is 0 Å². The molecule has 0 fully saturated rings. The molecule has 3 N–H and O–H groups in total. The Morgan fingerprint density at radius 2 is 2.45 bits per heavy atom. The maximum atomic E-state index is 9.18. The molecular weight excluding hydrogens is 142 g/mol. The Labute approximate surface area is 65.6 Å². The molecule has 0 unspecified atom stereocenters. The second kappa shape index (κ2) is 2.92. The lowest BCUT2D eigenvalue weighted by molar-refractivity contribution is 0.200. The summed E-state index contributed by atoms with van der Waals surface area (Å²) in [5, 5.41) is 13.2. The molecule has 0 saturated heterocycles. The second-order valence-electron chi connectivity index (χ2n) is 2.48. The smallest absolute Gasteiger partial charge is 0.127 e. The van der Waals surface area contributed by atoms with E-state index in [0.29, 0.717) is 11.4 Å². The molecular formula is C7H13N3O. The molecule has 1 aromatic heterocycles. The SMILES string of the molecule is CCn1ncc([C@H](C)O)c1N. The van der Waals surface area contributed by atoms with E-state index >= 15 is 0 Å². The van der Waals surface area contributed by atoms with Crippen molar-refractivity contribution in [2.75, 3.05) is 5.73 Å². The van der Waals surface area contributed by atoms with Crippen LogP contribution in [0.1, 0.15) is 25.5 Å². The van der Waals surface area contributed by atoms with E-state index in [0.717, 1.165) is 6.54 Å². The number of nitrogens with two attached hydrogens (primary N) is 1. The van der Waals surface area contributed by atoms with Crippen LogP contribution in [0.2, 0.25) is 0 Å². The van der Waals surface area contributed by atoms with Crippen LogP contribution in [0.4, 0.5) is 5.82 Å². The van der Waals surface area contributed by atoms with Crippen molar-refractivity contribution in [1.29, 1.82) is 0 Å². The third kappa shape index (κ3) is 1.35. The monoisotopic (exact) mass is 155 g/mol.